The Labute approximate surface area is 147 Å². The molecular weight excluding hydrogens is 312 g/mol. The minimum absolute atomic E-state index is 0.214. The molecule has 0 bridgehead atoms. The average Bonchev–Trinajstić information content (AvgIpc) is 2.64. The highest BCUT2D eigenvalue weighted by atomic mass is 16.1. The summed E-state index contributed by atoms with van der Waals surface area (Å²) in [6.07, 6.45) is 5.06. The van der Waals surface area contributed by atoms with Crippen LogP contribution < -0.4 is 10.6 Å². The third kappa shape index (κ3) is 4.41. The van der Waals surface area contributed by atoms with E-state index < -0.39 is 0 Å². The summed E-state index contributed by atoms with van der Waals surface area (Å²) >= 11 is 0. The SMILES string of the molecule is Cc1ccc(C)c(Nc2ccnc(C(=O)NCc3cccnc3)c2)c1. The van der Waals surface area contributed by atoms with E-state index in [4.69, 9.17) is 0 Å². The molecule has 126 valence electrons. The van der Waals surface area contributed by atoms with Gasteiger partial charge in [-0.15, -0.1) is 0 Å². The number of benzene rings is 1. The summed E-state index contributed by atoms with van der Waals surface area (Å²) in [4.78, 5) is 20.5. The lowest BCUT2D eigenvalue weighted by Gasteiger charge is -2.11. The average molecular weight is 332 g/mol. The largest absolute Gasteiger partial charge is 0.355 e. The number of rotatable bonds is 5. The van der Waals surface area contributed by atoms with Crippen LogP contribution in [0, 0.1) is 13.8 Å². The molecule has 0 aliphatic rings. The zero-order chi connectivity index (χ0) is 17.6. The van der Waals surface area contributed by atoms with Crippen molar-refractivity contribution in [2.24, 2.45) is 0 Å². The number of hydrogen-bond acceptors (Lipinski definition) is 4. The first-order valence-corrected chi connectivity index (χ1v) is 8.09. The molecule has 0 fully saturated rings. The van der Waals surface area contributed by atoms with Crippen molar-refractivity contribution in [2.75, 3.05) is 5.32 Å². The van der Waals surface area contributed by atoms with Gasteiger partial charge in [0.05, 0.1) is 0 Å². The second kappa shape index (κ2) is 7.57. The summed E-state index contributed by atoms with van der Waals surface area (Å²) in [5.74, 6) is -0.214. The summed E-state index contributed by atoms with van der Waals surface area (Å²) in [5, 5.41) is 6.21. The van der Waals surface area contributed by atoms with Crippen molar-refractivity contribution < 1.29 is 4.79 Å². The maximum atomic E-state index is 12.3. The summed E-state index contributed by atoms with van der Waals surface area (Å²) in [6.45, 7) is 4.52. The fraction of sp³-hybridized carbons (Fsp3) is 0.150. The van der Waals surface area contributed by atoms with Crippen LogP contribution in [0.15, 0.2) is 61.1 Å². The molecule has 0 saturated carbocycles. The van der Waals surface area contributed by atoms with Crippen LogP contribution in [-0.2, 0) is 6.54 Å². The molecule has 1 aromatic carbocycles. The minimum Gasteiger partial charge on any atom is -0.355 e. The maximum absolute atomic E-state index is 12.3. The van der Waals surface area contributed by atoms with Crippen molar-refractivity contribution in [3.05, 3.63) is 83.4 Å². The van der Waals surface area contributed by atoms with Gasteiger partial charge in [-0.3, -0.25) is 14.8 Å². The van der Waals surface area contributed by atoms with Gasteiger partial charge in [0, 0.05) is 36.5 Å². The lowest BCUT2D eigenvalue weighted by atomic mass is 10.1. The quantitative estimate of drug-likeness (QED) is 0.746. The van der Waals surface area contributed by atoms with Gasteiger partial charge < -0.3 is 10.6 Å². The number of amides is 1. The first-order chi connectivity index (χ1) is 12.1. The molecule has 0 aliphatic heterocycles. The van der Waals surface area contributed by atoms with Crippen LogP contribution in [0.25, 0.3) is 0 Å². The summed E-state index contributed by atoms with van der Waals surface area (Å²) in [7, 11) is 0. The van der Waals surface area contributed by atoms with Crippen LogP contribution in [0.2, 0.25) is 0 Å². The highest BCUT2D eigenvalue weighted by molar-refractivity contribution is 5.93. The van der Waals surface area contributed by atoms with Gasteiger partial charge in [0.25, 0.3) is 5.91 Å². The standard InChI is InChI=1S/C20H20N4O/c1-14-5-6-15(2)18(10-14)24-17-7-9-22-19(11-17)20(25)23-13-16-4-3-8-21-12-16/h3-12H,13H2,1-2H3,(H,22,24)(H,23,25). The van der Waals surface area contributed by atoms with Crippen molar-refractivity contribution in [2.45, 2.75) is 20.4 Å². The Hall–Kier alpha value is -3.21. The Morgan fingerprint density at radius 1 is 1.08 bits per heavy atom. The Bertz CT molecular complexity index is 878. The molecular formula is C20H20N4O. The van der Waals surface area contributed by atoms with Gasteiger partial charge in [0.1, 0.15) is 5.69 Å². The van der Waals surface area contributed by atoms with Crippen molar-refractivity contribution in [1.82, 2.24) is 15.3 Å². The molecule has 3 rings (SSSR count). The molecule has 1 amide bonds. The van der Waals surface area contributed by atoms with Crippen LogP contribution in [-0.4, -0.2) is 15.9 Å². The summed E-state index contributed by atoms with van der Waals surface area (Å²) in [5.41, 5.74) is 5.49. The molecule has 25 heavy (non-hydrogen) atoms. The zero-order valence-electron chi connectivity index (χ0n) is 14.3. The Morgan fingerprint density at radius 3 is 2.76 bits per heavy atom. The Kier molecular flexibility index (Phi) is 5.04. The van der Waals surface area contributed by atoms with Gasteiger partial charge >= 0.3 is 0 Å². The van der Waals surface area contributed by atoms with E-state index in [1.54, 1.807) is 24.7 Å². The maximum Gasteiger partial charge on any atom is 0.270 e. The van der Waals surface area contributed by atoms with Gasteiger partial charge in [0.2, 0.25) is 0 Å². The molecule has 3 aromatic rings. The number of nitrogens with zero attached hydrogens (tertiary/aromatic N) is 2. The van der Waals surface area contributed by atoms with Gasteiger partial charge in [0.15, 0.2) is 0 Å². The number of pyridine rings is 2. The lowest BCUT2D eigenvalue weighted by Crippen LogP contribution is -2.23. The molecule has 0 saturated heterocycles. The molecule has 0 radical (unpaired) electrons. The van der Waals surface area contributed by atoms with Crippen LogP contribution >= 0.6 is 0 Å². The topological polar surface area (TPSA) is 66.9 Å². The minimum atomic E-state index is -0.214. The van der Waals surface area contributed by atoms with E-state index in [1.165, 1.54) is 5.56 Å². The molecule has 5 nitrogen and oxygen atoms in total. The Morgan fingerprint density at radius 2 is 1.96 bits per heavy atom. The summed E-state index contributed by atoms with van der Waals surface area (Å²) in [6, 6.07) is 13.6. The van der Waals surface area contributed by atoms with Crippen LogP contribution in [0.1, 0.15) is 27.2 Å². The monoisotopic (exact) mass is 332 g/mol. The molecule has 5 heteroatoms. The van der Waals surface area contributed by atoms with Crippen LogP contribution in [0.5, 0.6) is 0 Å². The molecule has 2 N–H and O–H groups in total. The molecule has 2 heterocycles. The third-order valence-electron chi connectivity index (χ3n) is 3.84. The number of nitrogens with one attached hydrogen (secondary N) is 2. The van der Waals surface area contributed by atoms with E-state index in [0.29, 0.717) is 12.2 Å². The number of anilines is 2. The van der Waals surface area contributed by atoms with Crippen LogP contribution in [0.3, 0.4) is 0 Å². The predicted molar refractivity (Wildman–Crippen MR) is 98.8 cm³/mol. The van der Waals surface area contributed by atoms with E-state index >= 15 is 0 Å². The second-order valence-electron chi connectivity index (χ2n) is 5.92. The number of hydrogen-bond donors (Lipinski definition) is 2. The highest BCUT2D eigenvalue weighted by Crippen LogP contribution is 2.21. The second-order valence-corrected chi connectivity index (χ2v) is 5.92. The van der Waals surface area contributed by atoms with Gasteiger partial charge in [-0.1, -0.05) is 18.2 Å². The zero-order valence-corrected chi connectivity index (χ0v) is 14.3. The molecule has 2 aromatic heterocycles. The first-order valence-electron chi connectivity index (χ1n) is 8.09. The lowest BCUT2D eigenvalue weighted by molar-refractivity contribution is 0.0946. The van der Waals surface area contributed by atoms with E-state index in [-0.39, 0.29) is 5.91 Å². The van der Waals surface area contributed by atoms with Gasteiger partial charge in [-0.2, -0.15) is 0 Å². The normalized spacial score (nSPS) is 10.3. The van der Waals surface area contributed by atoms with Crippen molar-refractivity contribution in [3.8, 4) is 0 Å². The smallest absolute Gasteiger partial charge is 0.270 e. The highest BCUT2D eigenvalue weighted by Gasteiger charge is 2.08. The van der Waals surface area contributed by atoms with Crippen LogP contribution in [0.4, 0.5) is 11.4 Å². The van der Waals surface area contributed by atoms with Crippen molar-refractivity contribution in [3.63, 3.8) is 0 Å². The third-order valence-corrected chi connectivity index (χ3v) is 3.84. The van der Waals surface area contributed by atoms with Crippen molar-refractivity contribution in [1.29, 1.82) is 0 Å². The fourth-order valence-corrected chi connectivity index (χ4v) is 2.43. The summed E-state index contributed by atoms with van der Waals surface area (Å²) < 4.78 is 0. The number of carbonyl (C=O) groups excluding carboxylic acids is 1. The molecule has 0 atom stereocenters. The van der Waals surface area contributed by atoms with E-state index in [1.807, 2.05) is 25.1 Å². The fourth-order valence-electron chi connectivity index (χ4n) is 2.43. The first kappa shape index (κ1) is 16.6. The number of aryl methyl sites for hydroxylation is 2. The Balaban J connectivity index is 1.70. The van der Waals surface area contributed by atoms with E-state index in [9.17, 15) is 4.79 Å². The predicted octanol–water partition coefficient (Wildman–Crippen LogP) is 3.77. The molecule has 0 aliphatic carbocycles. The van der Waals surface area contributed by atoms with Crippen molar-refractivity contribution >= 4 is 17.3 Å². The van der Waals surface area contributed by atoms with Gasteiger partial charge in [-0.05, 0) is 54.8 Å². The van der Waals surface area contributed by atoms with E-state index in [2.05, 4.69) is 45.7 Å². The molecule has 0 unspecified atom stereocenters. The number of carbonyl (C=O) groups is 1. The number of aromatic nitrogens is 2. The van der Waals surface area contributed by atoms with Gasteiger partial charge in [-0.25, -0.2) is 0 Å². The molecule has 0 spiro atoms. The van der Waals surface area contributed by atoms with E-state index in [0.717, 1.165) is 22.5 Å².